The molecule has 0 bridgehead atoms. The molecule has 2 amide bonds. The molecule has 4 aromatic rings. The van der Waals surface area contributed by atoms with E-state index in [0.29, 0.717) is 23.5 Å². The molecule has 5 rings (SSSR count). The quantitative estimate of drug-likeness (QED) is 0.163. The molecule has 1 aliphatic heterocycles. The predicted octanol–water partition coefficient (Wildman–Crippen LogP) is 6.56. The van der Waals surface area contributed by atoms with Gasteiger partial charge in [0.2, 0.25) is 0 Å². The van der Waals surface area contributed by atoms with Gasteiger partial charge in [0.15, 0.2) is 0 Å². The smallest absolute Gasteiger partial charge is 0.293 e. The molecule has 178 valence electrons. The van der Waals surface area contributed by atoms with Crippen LogP contribution in [-0.2, 0) is 17.9 Å². The summed E-state index contributed by atoms with van der Waals surface area (Å²) in [4.78, 5) is 38.1. The first-order valence-corrected chi connectivity index (χ1v) is 12.0. The number of benzene rings is 4. The van der Waals surface area contributed by atoms with Gasteiger partial charge in [-0.1, -0.05) is 78.9 Å². The third-order valence-corrected chi connectivity index (χ3v) is 6.74. The van der Waals surface area contributed by atoms with Gasteiger partial charge in [0.05, 0.1) is 16.4 Å². The van der Waals surface area contributed by atoms with Gasteiger partial charge in [-0.25, -0.2) is 0 Å². The molecule has 1 saturated heterocycles. The maximum absolute atomic E-state index is 13.2. The first-order chi connectivity index (χ1) is 17.5. The van der Waals surface area contributed by atoms with Crippen LogP contribution in [0.4, 0.5) is 10.5 Å². The van der Waals surface area contributed by atoms with Gasteiger partial charge in [0.25, 0.3) is 16.8 Å². The third kappa shape index (κ3) is 4.71. The molecule has 0 unspecified atom stereocenters. The van der Waals surface area contributed by atoms with Crippen LogP contribution in [-0.4, -0.2) is 21.0 Å². The van der Waals surface area contributed by atoms with E-state index in [1.54, 1.807) is 24.3 Å². The molecular formula is C28H20N2O5S. The number of fused-ring (bicyclic) bond motifs is 1. The highest BCUT2D eigenvalue weighted by molar-refractivity contribution is 8.18. The fourth-order valence-corrected chi connectivity index (χ4v) is 4.87. The van der Waals surface area contributed by atoms with Gasteiger partial charge in [-0.2, -0.15) is 0 Å². The highest BCUT2D eigenvalue weighted by Gasteiger charge is 2.36. The van der Waals surface area contributed by atoms with Gasteiger partial charge < -0.3 is 4.74 Å². The Bertz CT molecular complexity index is 1520. The minimum atomic E-state index is -0.517. The highest BCUT2D eigenvalue weighted by atomic mass is 32.2. The molecule has 0 spiro atoms. The van der Waals surface area contributed by atoms with Crippen molar-refractivity contribution in [3.05, 3.63) is 123 Å². The number of hydrogen-bond donors (Lipinski definition) is 0. The number of nitrogens with zero attached hydrogens (tertiary/aromatic N) is 2. The van der Waals surface area contributed by atoms with Gasteiger partial charge in [0.1, 0.15) is 12.4 Å². The summed E-state index contributed by atoms with van der Waals surface area (Å²) in [6, 6.07) is 27.4. The van der Waals surface area contributed by atoms with Crippen LogP contribution in [0.5, 0.6) is 5.75 Å². The molecule has 7 nitrogen and oxygen atoms in total. The second-order valence-corrected chi connectivity index (χ2v) is 9.12. The molecule has 8 heteroatoms. The van der Waals surface area contributed by atoms with Gasteiger partial charge in [0, 0.05) is 17.2 Å². The molecule has 0 aliphatic carbocycles. The lowest BCUT2D eigenvalue weighted by Gasteiger charge is -2.13. The van der Waals surface area contributed by atoms with E-state index in [4.69, 9.17) is 4.74 Å². The van der Waals surface area contributed by atoms with Crippen molar-refractivity contribution in [1.82, 2.24) is 4.90 Å². The zero-order valence-electron chi connectivity index (χ0n) is 19.0. The summed E-state index contributed by atoms with van der Waals surface area (Å²) in [5, 5.41) is 12.8. The van der Waals surface area contributed by atoms with Crippen LogP contribution in [0, 0.1) is 10.1 Å². The fraction of sp³-hybridized carbons (Fsp3) is 0.0714. The van der Waals surface area contributed by atoms with E-state index in [1.165, 1.54) is 6.07 Å². The Labute approximate surface area is 211 Å². The van der Waals surface area contributed by atoms with E-state index in [9.17, 15) is 19.7 Å². The normalized spacial score (nSPS) is 14.6. The molecule has 0 saturated carbocycles. The summed E-state index contributed by atoms with van der Waals surface area (Å²) in [5.41, 5.74) is 1.86. The zero-order valence-corrected chi connectivity index (χ0v) is 19.8. The SMILES string of the molecule is O=C1S/C(=C\c2c(OCc3ccccc3)ccc3ccccc23)C(=O)N1Cc1ccccc1[N+](=O)[O-]. The molecule has 0 N–H and O–H groups in total. The van der Waals surface area contributed by atoms with Crippen LogP contribution in [0.2, 0.25) is 0 Å². The Kier molecular flexibility index (Phi) is 6.51. The Balaban J connectivity index is 1.49. The van der Waals surface area contributed by atoms with Crippen molar-refractivity contribution in [1.29, 1.82) is 0 Å². The van der Waals surface area contributed by atoms with Crippen molar-refractivity contribution >= 4 is 45.4 Å². The summed E-state index contributed by atoms with van der Waals surface area (Å²) < 4.78 is 6.13. The van der Waals surface area contributed by atoms with Gasteiger partial charge in [-0.15, -0.1) is 0 Å². The molecule has 0 atom stereocenters. The monoisotopic (exact) mass is 496 g/mol. The Morgan fingerprint density at radius 1 is 0.889 bits per heavy atom. The summed E-state index contributed by atoms with van der Waals surface area (Å²) in [7, 11) is 0. The topological polar surface area (TPSA) is 89.8 Å². The lowest BCUT2D eigenvalue weighted by molar-refractivity contribution is -0.385. The van der Waals surface area contributed by atoms with Crippen molar-refractivity contribution in [3.63, 3.8) is 0 Å². The van der Waals surface area contributed by atoms with Gasteiger partial charge in [-0.3, -0.25) is 24.6 Å². The van der Waals surface area contributed by atoms with Gasteiger partial charge >= 0.3 is 0 Å². The maximum atomic E-state index is 13.2. The average molecular weight is 497 g/mol. The zero-order chi connectivity index (χ0) is 25.1. The third-order valence-electron chi connectivity index (χ3n) is 5.83. The largest absolute Gasteiger partial charge is 0.488 e. The molecule has 1 fully saturated rings. The van der Waals surface area contributed by atoms with E-state index >= 15 is 0 Å². The fourth-order valence-electron chi connectivity index (χ4n) is 4.05. The van der Waals surface area contributed by atoms with Crippen molar-refractivity contribution < 1.29 is 19.2 Å². The second-order valence-electron chi connectivity index (χ2n) is 8.13. The number of amides is 2. The van der Waals surface area contributed by atoms with Crippen LogP contribution in [0.3, 0.4) is 0 Å². The van der Waals surface area contributed by atoms with Crippen LogP contribution < -0.4 is 4.74 Å². The number of carbonyl (C=O) groups is 2. The highest BCUT2D eigenvalue weighted by Crippen LogP contribution is 2.38. The summed E-state index contributed by atoms with van der Waals surface area (Å²) in [6.07, 6.45) is 1.67. The number of carbonyl (C=O) groups excluding carboxylic acids is 2. The van der Waals surface area contributed by atoms with Crippen LogP contribution in [0.25, 0.3) is 16.8 Å². The number of ether oxygens (including phenoxy) is 1. The van der Waals surface area contributed by atoms with Gasteiger partial charge in [-0.05, 0) is 40.2 Å². The average Bonchev–Trinajstić information content (AvgIpc) is 3.16. The summed E-state index contributed by atoms with van der Waals surface area (Å²) in [5.74, 6) is 0.0909. The lowest BCUT2D eigenvalue weighted by atomic mass is 10.0. The van der Waals surface area contributed by atoms with Crippen molar-refractivity contribution in [2.75, 3.05) is 0 Å². The number of hydrogen-bond acceptors (Lipinski definition) is 6. The number of thioether (sulfide) groups is 1. The first-order valence-electron chi connectivity index (χ1n) is 11.2. The molecule has 0 aromatic heterocycles. The molecule has 4 aromatic carbocycles. The Morgan fingerprint density at radius 3 is 2.42 bits per heavy atom. The van der Waals surface area contributed by atoms with Crippen molar-refractivity contribution in [2.24, 2.45) is 0 Å². The Morgan fingerprint density at radius 2 is 1.61 bits per heavy atom. The summed E-state index contributed by atoms with van der Waals surface area (Å²) in [6.45, 7) is 0.172. The minimum absolute atomic E-state index is 0.133. The van der Waals surface area contributed by atoms with Crippen molar-refractivity contribution in [3.8, 4) is 5.75 Å². The Hall–Kier alpha value is -4.43. The van der Waals surface area contributed by atoms with Crippen LogP contribution in [0.15, 0.2) is 95.9 Å². The van der Waals surface area contributed by atoms with Crippen LogP contribution >= 0.6 is 11.8 Å². The number of para-hydroxylation sites is 1. The lowest BCUT2D eigenvalue weighted by Crippen LogP contribution is -2.27. The number of nitro groups is 1. The van der Waals surface area contributed by atoms with E-state index in [1.807, 2.05) is 66.7 Å². The van der Waals surface area contributed by atoms with Crippen LogP contribution in [0.1, 0.15) is 16.7 Å². The number of imide groups is 1. The predicted molar refractivity (Wildman–Crippen MR) is 139 cm³/mol. The van der Waals surface area contributed by atoms with E-state index < -0.39 is 16.1 Å². The maximum Gasteiger partial charge on any atom is 0.293 e. The molecular weight excluding hydrogens is 476 g/mol. The molecule has 36 heavy (non-hydrogen) atoms. The standard InChI is InChI=1S/C28H20N2O5S/c31-27-26(36-28(32)29(27)17-21-11-5-7-13-24(21)30(33)34)16-23-22-12-6-4-10-20(22)14-15-25(23)35-18-19-8-2-1-3-9-19/h1-16H,17-18H2/b26-16-. The van der Waals surface area contributed by atoms with E-state index in [0.717, 1.165) is 33.0 Å². The number of nitro benzene ring substituents is 1. The van der Waals surface area contributed by atoms with E-state index in [2.05, 4.69) is 0 Å². The second kappa shape index (κ2) is 10.1. The number of rotatable bonds is 7. The first kappa shape index (κ1) is 23.3. The molecule has 0 radical (unpaired) electrons. The molecule has 1 heterocycles. The van der Waals surface area contributed by atoms with Crippen molar-refractivity contribution in [2.45, 2.75) is 13.2 Å². The minimum Gasteiger partial charge on any atom is -0.488 e. The summed E-state index contributed by atoms with van der Waals surface area (Å²) >= 11 is 0.815. The molecule has 1 aliphatic rings. The van der Waals surface area contributed by atoms with E-state index in [-0.39, 0.29) is 17.1 Å².